The van der Waals surface area contributed by atoms with Crippen LogP contribution in [0.4, 0.5) is 5.69 Å². The van der Waals surface area contributed by atoms with Crippen LogP contribution in [0.5, 0.6) is 0 Å². The SMILES string of the molecule is Nc1cccc(C2(CS)CC2)c1. The van der Waals surface area contributed by atoms with Crippen LogP contribution in [-0.2, 0) is 5.41 Å². The molecule has 0 aromatic heterocycles. The molecule has 1 fully saturated rings. The van der Waals surface area contributed by atoms with Gasteiger partial charge in [-0.05, 0) is 36.3 Å². The maximum atomic E-state index is 5.71. The summed E-state index contributed by atoms with van der Waals surface area (Å²) in [5.41, 5.74) is 8.29. The predicted molar refractivity (Wildman–Crippen MR) is 55.6 cm³/mol. The third-order valence-electron chi connectivity index (χ3n) is 2.66. The quantitative estimate of drug-likeness (QED) is 0.528. The van der Waals surface area contributed by atoms with Crippen LogP contribution in [0.3, 0.4) is 0 Å². The van der Waals surface area contributed by atoms with E-state index in [9.17, 15) is 0 Å². The Morgan fingerprint density at radius 2 is 2.17 bits per heavy atom. The van der Waals surface area contributed by atoms with Crippen molar-refractivity contribution in [1.29, 1.82) is 0 Å². The molecule has 0 aliphatic heterocycles. The van der Waals surface area contributed by atoms with Crippen LogP contribution < -0.4 is 5.73 Å². The Morgan fingerprint density at radius 1 is 1.42 bits per heavy atom. The molecule has 2 heteroatoms. The number of rotatable bonds is 2. The van der Waals surface area contributed by atoms with Crippen molar-refractivity contribution >= 4 is 18.3 Å². The van der Waals surface area contributed by atoms with E-state index in [1.165, 1.54) is 18.4 Å². The fraction of sp³-hybridized carbons (Fsp3) is 0.400. The molecule has 0 radical (unpaired) electrons. The molecule has 2 rings (SSSR count). The Balaban J connectivity index is 2.34. The number of benzene rings is 1. The highest BCUT2D eigenvalue weighted by Crippen LogP contribution is 2.49. The van der Waals surface area contributed by atoms with Gasteiger partial charge in [-0.1, -0.05) is 12.1 Å². The highest BCUT2D eigenvalue weighted by molar-refractivity contribution is 7.80. The first-order chi connectivity index (χ1) is 5.77. The minimum Gasteiger partial charge on any atom is -0.399 e. The monoisotopic (exact) mass is 179 g/mol. The average molecular weight is 179 g/mol. The summed E-state index contributed by atoms with van der Waals surface area (Å²) in [5, 5.41) is 0. The van der Waals surface area contributed by atoms with Crippen LogP contribution in [0.25, 0.3) is 0 Å². The van der Waals surface area contributed by atoms with Gasteiger partial charge in [-0.25, -0.2) is 0 Å². The van der Waals surface area contributed by atoms with Gasteiger partial charge in [-0.15, -0.1) is 0 Å². The summed E-state index contributed by atoms with van der Waals surface area (Å²) in [4.78, 5) is 0. The third kappa shape index (κ3) is 1.20. The lowest BCUT2D eigenvalue weighted by atomic mass is 9.98. The zero-order chi connectivity index (χ0) is 8.60. The average Bonchev–Trinajstić information content (AvgIpc) is 2.84. The van der Waals surface area contributed by atoms with Gasteiger partial charge in [-0.3, -0.25) is 0 Å². The number of thiol groups is 1. The highest BCUT2D eigenvalue weighted by Gasteiger charge is 2.42. The minimum atomic E-state index is 0.360. The second-order valence-electron chi connectivity index (χ2n) is 3.56. The van der Waals surface area contributed by atoms with Gasteiger partial charge in [-0.2, -0.15) is 12.6 Å². The van der Waals surface area contributed by atoms with E-state index in [0.29, 0.717) is 5.41 Å². The molecular formula is C10H13NS. The first-order valence-electron chi connectivity index (χ1n) is 4.24. The Bertz CT molecular complexity index is 292. The lowest BCUT2D eigenvalue weighted by Gasteiger charge is -2.12. The van der Waals surface area contributed by atoms with Gasteiger partial charge in [0.05, 0.1) is 0 Å². The summed E-state index contributed by atoms with van der Waals surface area (Å²) in [7, 11) is 0. The van der Waals surface area contributed by atoms with Gasteiger partial charge in [0.25, 0.3) is 0 Å². The lowest BCUT2D eigenvalue weighted by Crippen LogP contribution is -2.08. The molecule has 64 valence electrons. The van der Waals surface area contributed by atoms with Crippen molar-refractivity contribution in [3.05, 3.63) is 29.8 Å². The fourth-order valence-electron chi connectivity index (χ4n) is 1.56. The molecule has 0 bridgehead atoms. The van der Waals surface area contributed by atoms with E-state index >= 15 is 0 Å². The van der Waals surface area contributed by atoms with Crippen LogP contribution in [0.1, 0.15) is 18.4 Å². The largest absolute Gasteiger partial charge is 0.399 e. The zero-order valence-corrected chi connectivity index (χ0v) is 7.85. The van der Waals surface area contributed by atoms with Gasteiger partial charge in [0.1, 0.15) is 0 Å². The van der Waals surface area contributed by atoms with Crippen molar-refractivity contribution in [2.75, 3.05) is 11.5 Å². The first kappa shape index (κ1) is 7.99. The van der Waals surface area contributed by atoms with Gasteiger partial charge >= 0.3 is 0 Å². The molecule has 0 saturated heterocycles. The summed E-state index contributed by atoms with van der Waals surface area (Å²) in [6, 6.07) is 8.18. The van der Waals surface area contributed by atoms with E-state index in [2.05, 4.69) is 24.8 Å². The minimum absolute atomic E-state index is 0.360. The summed E-state index contributed by atoms with van der Waals surface area (Å²) in [6.07, 6.45) is 2.53. The molecule has 0 amide bonds. The van der Waals surface area contributed by atoms with Crippen LogP contribution in [0.15, 0.2) is 24.3 Å². The number of nitrogen functional groups attached to an aromatic ring is 1. The van der Waals surface area contributed by atoms with Crippen molar-refractivity contribution in [3.63, 3.8) is 0 Å². The lowest BCUT2D eigenvalue weighted by molar-refractivity contribution is 0.806. The van der Waals surface area contributed by atoms with Crippen molar-refractivity contribution in [3.8, 4) is 0 Å². The number of hydrogen-bond acceptors (Lipinski definition) is 2. The predicted octanol–water partition coefficient (Wildman–Crippen LogP) is 2.23. The summed E-state index contributed by atoms with van der Waals surface area (Å²) in [6.45, 7) is 0. The summed E-state index contributed by atoms with van der Waals surface area (Å²) in [5.74, 6) is 0.941. The number of anilines is 1. The van der Waals surface area contributed by atoms with Gasteiger partial charge in [0, 0.05) is 11.1 Å². The maximum absolute atomic E-state index is 5.71. The molecule has 1 aliphatic carbocycles. The molecule has 1 aromatic carbocycles. The second kappa shape index (κ2) is 2.70. The van der Waals surface area contributed by atoms with E-state index in [4.69, 9.17) is 5.73 Å². The van der Waals surface area contributed by atoms with Gasteiger partial charge in [0.15, 0.2) is 0 Å². The molecule has 1 aromatic rings. The van der Waals surface area contributed by atoms with Crippen LogP contribution in [0.2, 0.25) is 0 Å². The molecule has 1 aliphatic rings. The Kier molecular flexibility index (Phi) is 1.80. The van der Waals surface area contributed by atoms with Crippen molar-refractivity contribution in [2.24, 2.45) is 0 Å². The zero-order valence-electron chi connectivity index (χ0n) is 6.96. The van der Waals surface area contributed by atoms with Gasteiger partial charge < -0.3 is 5.73 Å². The molecule has 12 heavy (non-hydrogen) atoms. The smallest absolute Gasteiger partial charge is 0.0316 e. The van der Waals surface area contributed by atoms with E-state index in [1.807, 2.05) is 12.1 Å². The van der Waals surface area contributed by atoms with E-state index in [1.54, 1.807) is 0 Å². The van der Waals surface area contributed by atoms with Crippen LogP contribution in [0, 0.1) is 0 Å². The van der Waals surface area contributed by atoms with Crippen LogP contribution >= 0.6 is 12.6 Å². The summed E-state index contributed by atoms with van der Waals surface area (Å²) < 4.78 is 0. The van der Waals surface area contributed by atoms with Gasteiger partial charge in [0.2, 0.25) is 0 Å². The molecule has 0 heterocycles. The first-order valence-corrected chi connectivity index (χ1v) is 4.87. The Morgan fingerprint density at radius 3 is 2.67 bits per heavy atom. The van der Waals surface area contributed by atoms with Crippen molar-refractivity contribution in [2.45, 2.75) is 18.3 Å². The Labute approximate surface area is 78.4 Å². The molecule has 0 atom stereocenters. The molecule has 0 unspecified atom stereocenters. The third-order valence-corrected chi connectivity index (χ3v) is 3.26. The fourth-order valence-corrected chi connectivity index (χ4v) is 2.06. The highest BCUT2D eigenvalue weighted by atomic mass is 32.1. The summed E-state index contributed by atoms with van der Waals surface area (Å²) >= 11 is 4.37. The molecule has 1 nitrogen and oxygen atoms in total. The molecule has 0 spiro atoms. The Hall–Kier alpha value is -0.630. The van der Waals surface area contributed by atoms with E-state index < -0.39 is 0 Å². The van der Waals surface area contributed by atoms with Crippen molar-refractivity contribution in [1.82, 2.24) is 0 Å². The normalized spacial score (nSPS) is 19.1. The van der Waals surface area contributed by atoms with Crippen LogP contribution in [-0.4, -0.2) is 5.75 Å². The molecule has 2 N–H and O–H groups in total. The maximum Gasteiger partial charge on any atom is 0.0316 e. The van der Waals surface area contributed by atoms with E-state index in [0.717, 1.165) is 11.4 Å². The number of nitrogens with two attached hydrogens (primary N) is 1. The molecule has 1 saturated carbocycles. The number of hydrogen-bond donors (Lipinski definition) is 2. The standard InChI is InChI=1S/C10H13NS/c11-9-3-1-2-8(6-9)10(7-12)4-5-10/h1-3,6,12H,4-5,7,11H2. The van der Waals surface area contributed by atoms with Crippen molar-refractivity contribution < 1.29 is 0 Å². The van der Waals surface area contributed by atoms with E-state index in [-0.39, 0.29) is 0 Å². The molecular weight excluding hydrogens is 166 g/mol. The topological polar surface area (TPSA) is 26.0 Å². The second-order valence-corrected chi connectivity index (χ2v) is 3.88.